The van der Waals surface area contributed by atoms with Crippen LogP contribution in [0, 0.1) is 0 Å². The number of carbonyl (C=O) groups is 2. The number of nitrogens with one attached hydrogen (secondary N) is 1. The van der Waals surface area contributed by atoms with Gasteiger partial charge in [0.1, 0.15) is 4.75 Å². The SMILES string of the molecule is Cn1nc(C(=O)NCc2ccc(Cl)cc2)c2c1C(O)N(CC1(S(=O)(=O)C(C)(C)C(N)=O)CC1)CC2. The van der Waals surface area contributed by atoms with Crippen molar-refractivity contribution in [2.45, 2.75) is 55.4 Å². The summed E-state index contributed by atoms with van der Waals surface area (Å²) in [5.74, 6) is -1.26. The fourth-order valence-corrected chi connectivity index (χ4v) is 7.06. The van der Waals surface area contributed by atoms with Crippen molar-refractivity contribution in [1.29, 1.82) is 0 Å². The number of halogens is 1. The van der Waals surface area contributed by atoms with Gasteiger partial charge in [-0.25, -0.2) is 8.42 Å². The van der Waals surface area contributed by atoms with Gasteiger partial charge in [0.05, 0.1) is 10.4 Å². The van der Waals surface area contributed by atoms with Crippen molar-refractivity contribution >= 4 is 33.3 Å². The molecule has 2 aromatic rings. The van der Waals surface area contributed by atoms with E-state index < -0.39 is 31.5 Å². The van der Waals surface area contributed by atoms with Gasteiger partial charge in [0.25, 0.3) is 5.91 Å². The second kappa shape index (κ2) is 8.88. The van der Waals surface area contributed by atoms with Crippen molar-refractivity contribution in [3.63, 3.8) is 0 Å². The second-order valence-corrected chi connectivity index (χ2v) is 13.1. The average molecular weight is 524 g/mol. The summed E-state index contributed by atoms with van der Waals surface area (Å²) in [4.78, 5) is 26.4. The van der Waals surface area contributed by atoms with E-state index in [1.807, 2.05) is 12.1 Å². The quantitative estimate of drug-likeness (QED) is 0.468. The highest BCUT2D eigenvalue weighted by Crippen LogP contribution is 2.50. The summed E-state index contributed by atoms with van der Waals surface area (Å²) < 4.78 is 25.2. The summed E-state index contributed by atoms with van der Waals surface area (Å²) in [5, 5.41) is 18.9. The first-order valence-electron chi connectivity index (χ1n) is 11.4. The first-order valence-corrected chi connectivity index (χ1v) is 13.2. The van der Waals surface area contributed by atoms with Crippen LogP contribution in [0.15, 0.2) is 24.3 Å². The molecule has 0 radical (unpaired) electrons. The van der Waals surface area contributed by atoms with Gasteiger partial charge in [-0.1, -0.05) is 23.7 Å². The number of sulfone groups is 1. The Bertz CT molecular complexity index is 1270. The fraction of sp³-hybridized carbons (Fsp3) is 0.522. The summed E-state index contributed by atoms with van der Waals surface area (Å²) in [7, 11) is -2.26. The maximum atomic E-state index is 13.3. The minimum Gasteiger partial charge on any atom is -0.372 e. The van der Waals surface area contributed by atoms with Crippen molar-refractivity contribution in [1.82, 2.24) is 20.0 Å². The highest BCUT2D eigenvalue weighted by atomic mass is 35.5. The molecule has 190 valence electrons. The van der Waals surface area contributed by atoms with Crippen LogP contribution in [0.5, 0.6) is 0 Å². The lowest BCUT2D eigenvalue weighted by Crippen LogP contribution is -2.54. The van der Waals surface area contributed by atoms with E-state index >= 15 is 0 Å². The number of rotatable bonds is 8. The molecular formula is C23H30ClN5O5S. The van der Waals surface area contributed by atoms with Crippen LogP contribution in [0.4, 0.5) is 0 Å². The maximum Gasteiger partial charge on any atom is 0.272 e. The number of hydrogen-bond donors (Lipinski definition) is 3. The topological polar surface area (TPSA) is 148 Å². The summed E-state index contributed by atoms with van der Waals surface area (Å²) in [5.41, 5.74) is 7.59. The molecule has 2 heterocycles. The number of amides is 2. The lowest BCUT2D eigenvalue weighted by atomic mass is 10.0. The van der Waals surface area contributed by atoms with Crippen LogP contribution >= 0.6 is 11.6 Å². The number of nitrogens with two attached hydrogens (primary N) is 1. The number of aromatic nitrogens is 2. The molecule has 1 fully saturated rings. The van der Waals surface area contributed by atoms with Gasteiger partial charge in [-0.15, -0.1) is 0 Å². The number of benzene rings is 1. The van der Waals surface area contributed by atoms with Crippen LogP contribution in [0.25, 0.3) is 0 Å². The van der Waals surface area contributed by atoms with Crippen molar-refractivity contribution < 1.29 is 23.1 Å². The highest BCUT2D eigenvalue weighted by molar-refractivity contribution is 7.95. The zero-order valence-corrected chi connectivity index (χ0v) is 21.5. The van der Waals surface area contributed by atoms with E-state index in [0.717, 1.165) is 5.56 Å². The number of hydrogen-bond acceptors (Lipinski definition) is 7. The van der Waals surface area contributed by atoms with E-state index in [2.05, 4.69) is 10.4 Å². The Labute approximate surface area is 209 Å². The minimum atomic E-state index is -3.90. The monoisotopic (exact) mass is 523 g/mol. The molecule has 4 rings (SSSR count). The number of nitrogens with zero attached hydrogens (tertiary/aromatic N) is 3. The van der Waals surface area contributed by atoms with Crippen LogP contribution < -0.4 is 11.1 Å². The molecular weight excluding hydrogens is 494 g/mol. The van der Waals surface area contributed by atoms with Crippen LogP contribution in [-0.4, -0.2) is 62.6 Å². The first-order chi connectivity index (χ1) is 16.3. The third-order valence-electron chi connectivity index (χ3n) is 7.15. The van der Waals surface area contributed by atoms with Gasteiger partial charge in [-0.2, -0.15) is 5.10 Å². The number of fused-ring (bicyclic) bond motifs is 1. The average Bonchev–Trinajstić information content (AvgIpc) is 3.51. The Hall–Kier alpha value is -2.47. The van der Waals surface area contributed by atoms with Crippen LogP contribution in [0.1, 0.15) is 60.2 Å². The molecule has 0 bridgehead atoms. The molecule has 4 N–H and O–H groups in total. The number of aryl methyl sites for hydroxylation is 1. The van der Waals surface area contributed by atoms with Gasteiger partial charge < -0.3 is 16.2 Å². The second-order valence-electron chi connectivity index (χ2n) is 9.80. The largest absolute Gasteiger partial charge is 0.372 e. The van der Waals surface area contributed by atoms with E-state index in [9.17, 15) is 23.1 Å². The molecule has 12 heteroatoms. The van der Waals surface area contributed by atoms with Crippen LogP contribution in [0.3, 0.4) is 0 Å². The Morgan fingerprint density at radius 2 is 1.91 bits per heavy atom. The molecule has 0 saturated heterocycles. The standard InChI is InChI=1S/C23H30ClN5O5S/c1-22(2,21(25)32)35(33,34)23(9-10-23)13-29-11-8-16-17(27-28(3)18(16)20(29)31)19(30)26-12-14-4-6-15(24)7-5-14/h4-7,20,31H,8-13H2,1-3H3,(H2,25,32)(H,26,30). The van der Waals surface area contributed by atoms with Crippen molar-refractivity contribution in [3.05, 3.63) is 51.8 Å². The van der Waals surface area contributed by atoms with E-state index in [1.165, 1.54) is 18.5 Å². The number of aliphatic hydroxyl groups is 1. The molecule has 35 heavy (non-hydrogen) atoms. The number of aliphatic hydroxyl groups excluding tert-OH is 1. The molecule has 10 nitrogen and oxygen atoms in total. The van der Waals surface area contributed by atoms with Gasteiger partial charge >= 0.3 is 0 Å². The maximum absolute atomic E-state index is 13.3. The normalized spacial score (nSPS) is 19.7. The molecule has 1 saturated carbocycles. The number of carbonyl (C=O) groups excluding carboxylic acids is 2. The van der Waals surface area contributed by atoms with E-state index in [1.54, 1.807) is 24.1 Å². The lowest BCUT2D eigenvalue weighted by molar-refractivity contribution is -0.119. The molecule has 1 aliphatic heterocycles. The van der Waals surface area contributed by atoms with Crippen molar-refractivity contribution in [2.24, 2.45) is 12.8 Å². The molecule has 1 aromatic carbocycles. The van der Waals surface area contributed by atoms with Crippen molar-refractivity contribution in [2.75, 3.05) is 13.1 Å². The first kappa shape index (κ1) is 25.6. The Kier molecular flexibility index (Phi) is 6.50. The Balaban J connectivity index is 1.51. The predicted octanol–water partition coefficient (Wildman–Crippen LogP) is 1.06. The van der Waals surface area contributed by atoms with E-state index in [-0.39, 0.29) is 18.1 Å². The summed E-state index contributed by atoms with van der Waals surface area (Å²) in [6.45, 7) is 3.35. The molecule has 1 atom stereocenters. The Morgan fingerprint density at radius 3 is 2.49 bits per heavy atom. The molecule has 0 spiro atoms. The predicted molar refractivity (Wildman–Crippen MR) is 130 cm³/mol. The molecule has 2 amide bonds. The lowest BCUT2D eigenvalue weighted by Gasteiger charge is -2.37. The molecule has 1 unspecified atom stereocenters. The summed E-state index contributed by atoms with van der Waals surface area (Å²) in [6, 6.07) is 7.13. The molecule has 1 aliphatic carbocycles. The zero-order valence-electron chi connectivity index (χ0n) is 19.9. The fourth-order valence-electron chi connectivity index (χ4n) is 4.61. The molecule has 1 aromatic heterocycles. The van der Waals surface area contributed by atoms with Gasteiger partial charge in [-0.05, 0) is 50.8 Å². The summed E-state index contributed by atoms with van der Waals surface area (Å²) in [6.07, 6.45) is 0.0650. The van der Waals surface area contributed by atoms with E-state index in [0.29, 0.717) is 48.6 Å². The minimum absolute atomic E-state index is 0.0654. The van der Waals surface area contributed by atoms with Crippen LogP contribution in [0.2, 0.25) is 5.02 Å². The number of primary amides is 1. The van der Waals surface area contributed by atoms with Gasteiger partial charge in [-0.3, -0.25) is 19.2 Å². The molecule has 2 aliphatic rings. The van der Waals surface area contributed by atoms with Crippen LogP contribution in [-0.2, 0) is 34.6 Å². The van der Waals surface area contributed by atoms with Gasteiger partial charge in [0, 0.05) is 37.3 Å². The van der Waals surface area contributed by atoms with Gasteiger partial charge in [0.15, 0.2) is 21.8 Å². The Morgan fingerprint density at radius 1 is 1.29 bits per heavy atom. The smallest absolute Gasteiger partial charge is 0.272 e. The summed E-state index contributed by atoms with van der Waals surface area (Å²) >= 11 is 5.90. The third-order valence-corrected chi connectivity index (χ3v) is 10.6. The van der Waals surface area contributed by atoms with Crippen molar-refractivity contribution in [3.8, 4) is 0 Å². The van der Waals surface area contributed by atoms with E-state index in [4.69, 9.17) is 17.3 Å². The zero-order chi connectivity index (χ0) is 25.8. The van der Waals surface area contributed by atoms with Gasteiger partial charge in [0.2, 0.25) is 5.91 Å². The third kappa shape index (κ3) is 4.35. The highest BCUT2D eigenvalue weighted by Gasteiger charge is 2.62.